The van der Waals surface area contributed by atoms with Gasteiger partial charge in [-0.15, -0.1) is 0 Å². The van der Waals surface area contributed by atoms with Gasteiger partial charge in [0.15, 0.2) is 0 Å². The van der Waals surface area contributed by atoms with E-state index >= 15 is 0 Å². The van der Waals surface area contributed by atoms with Crippen LogP contribution in [0.2, 0.25) is 0 Å². The maximum Gasteiger partial charge on any atom is 0.246 e. The molecule has 0 spiro atoms. The van der Waals surface area contributed by atoms with E-state index in [1.807, 2.05) is 18.2 Å². The number of imidazole rings is 1. The van der Waals surface area contributed by atoms with Gasteiger partial charge in [-0.1, -0.05) is 48.5 Å². The molecule has 0 aliphatic heterocycles. The topological polar surface area (TPSA) is 46.9 Å². The molecule has 0 aliphatic carbocycles. The minimum absolute atomic E-state index is 0.149. The van der Waals surface area contributed by atoms with Crippen LogP contribution in [0.4, 0.5) is 0 Å². The Hall–Kier alpha value is -2.88. The van der Waals surface area contributed by atoms with Crippen molar-refractivity contribution in [2.75, 3.05) is 0 Å². The molecular weight excluding hydrogens is 298 g/mol. The Kier molecular flexibility index (Phi) is 4.47. The van der Waals surface area contributed by atoms with Crippen LogP contribution in [0.3, 0.4) is 0 Å². The van der Waals surface area contributed by atoms with E-state index in [-0.39, 0.29) is 5.91 Å². The molecule has 1 amide bonds. The molecule has 0 saturated carbocycles. The largest absolute Gasteiger partial charge is 0.345 e. The van der Waals surface area contributed by atoms with Gasteiger partial charge in [-0.05, 0) is 31.5 Å². The molecule has 4 heteroatoms. The molecule has 3 aromatic rings. The van der Waals surface area contributed by atoms with Gasteiger partial charge in [0.25, 0.3) is 0 Å². The molecule has 0 saturated heterocycles. The number of nitrogens with zero attached hydrogens (tertiary/aromatic N) is 2. The smallest absolute Gasteiger partial charge is 0.246 e. The number of fused-ring (bicyclic) bond motifs is 1. The van der Waals surface area contributed by atoms with Crippen LogP contribution in [0.1, 0.15) is 23.9 Å². The highest BCUT2D eigenvalue weighted by molar-refractivity contribution is 5.92. The molecule has 3 rings (SSSR count). The Morgan fingerprint density at radius 1 is 1.21 bits per heavy atom. The summed E-state index contributed by atoms with van der Waals surface area (Å²) in [6, 6.07) is 16.5. The van der Waals surface area contributed by atoms with E-state index in [0.29, 0.717) is 12.1 Å². The number of carbonyl (C=O) groups is 1. The van der Waals surface area contributed by atoms with Gasteiger partial charge in [0.05, 0.1) is 17.6 Å². The molecule has 0 fully saturated rings. The molecular formula is C20H21N3O. The molecule has 0 aliphatic rings. The van der Waals surface area contributed by atoms with Crippen LogP contribution in [-0.4, -0.2) is 15.5 Å². The normalized spacial score (nSPS) is 10.8. The molecule has 0 radical (unpaired) electrons. The molecule has 1 aromatic heterocycles. The first-order valence-electron chi connectivity index (χ1n) is 7.98. The molecule has 1 heterocycles. The lowest BCUT2D eigenvalue weighted by molar-refractivity contribution is -0.117. The first-order valence-corrected chi connectivity index (χ1v) is 7.98. The van der Waals surface area contributed by atoms with Crippen LogP contribution < -0.4 is 5.32 Å². The Labute approximate surface area is 141 Å². The monoisotopic (exact) mass is 319 g/mol. The molecule has 122 valence electrons. The van der Waals surface area contributed by atoms with Crippen LogP contribution in [0.5, 0.6) is 0 Å². The van der Waals surface area contributed by atoms with Crippen molar-refractivity contribution in [1.82, 2.24) is 14.9 Å². The maximum absolute atomic E-state index is 11.8. The molecule has 0 unspecified atom stereocenters. The molecule has 24 heavy (non-hydrogen) atoms. The standard InChI is InChI=1S/C20H21N3O/c1-14(2)20(24)21-12-19-22-17-9-4-5-10-18(17)23(19)13-16-8-6-7-15(3)11-16/h4-11H,1,12-13H2,2-3H3,(H,21,24). The third-order valence-corrected chi connectivity index (χ3v) is 3.95. The Morgan fingerprint density at radius 2 is 2.00 bits per heavy atom. The molecule has 0 bridgehead atoms. The summed E-state index contributed by atoms with van der Waals surface area (Å²) >= 11 is 0. The summed E-state index contributed by atoms with van der Waals surface area (Å²) in [7, 11) is 0. The quantitative estimate of drug-likeness (QED) is 0.731. The highest BCUT2D eigenvalue weighted by atomic mass is 16.1. The van der Waals surface area contributed by atoms with Gasteiger partial charge in [0, 0.05) is 12.1 Å². The average Bonchev–Trinajstić information content (AvgIpc) is 2.90. The van der Waals surface area contributed by atoms with Gasteiger partial charge < -0.3 is 9.88 Å². The minimum Gasteiger partial charge on any atom is -0.345 e. The van der Waals surface area contributed by atoms with Crippen molar-refractivity contribution in [3.05, 3.63) is 77.6 Å². The first kappa shape index (κ1) is 16.0. The highest BCUT2D eigenvalue weighted by Gasteiger charge is 2.12. The second kappa shape index (κ2) is 6.71. The van der Waals surface area contributed by atoms with Crippen LogP contribution in [0.25, 0.3) is 11.0 Å². The Balaban J connectivity index is 1.95. The predicted octanol–water partition coefficient (Wildman–Crippen LogP) is 3.59. The fraction of sp³-hybridized carbons (Fsp3) is 0.200. The summed E-state index contributed by atoms with van der Waals surface area (Å²) in [5, 5.41) is 2.88. The van der Waals surface area contributed by atoms with E-state index in [1.165, 1.54) is 11.1 Å². The lowest BCUT2D eigenvalue weighted by Gasteiger charge is -2.11. The Morgan fingerprint density at radius 3 is 2.75 bits per heavy atom. The Bertz CT molecular complexity index is 908. The third-order valence-electron chi connectivity index (χ3n) is 3.95. The summed E-state index contributed by atoms with van der Waals surface area (Å²) in [5.41, 5.74) is 4.94. The summed E-state index contributed by atoms with van der Waals surface area (Å²) in [6.45, 7) is 8.56. The van der Waals surface area contributed by atoms with E-state index in [4.69, 9.17) is 0 Å². The summed E-state index contributed by atoms with van der Waals surface area (Å²) in [4.78, 5) is 16.5. The lowest BCUT2D eigenvalue weighted by Crippen LogP contribution is -2.25. The number of amides is 1. The van der Waals surface area contributed by atoms with Crippen LogP contribution in [0.15, 0.2) is 60.7 Å². The van der Waals surface area contributed by atoms with E-state index in [0.717, 1.165) is 23.4 Å². The van der Waals surface area contributed by atoms with Crippen LogP contribution in [-0.2, 0) is 17.9 Å². The average molecular weight is 319 g/mol. The number of carbonyl (C=O) groups excluding carboxylic acids is 1. The molecule has 2 aromatic carbocycles. The number of aromatic nitrogens is 2. The fourth-order valence-corrected chi connectivity index (χ4v) is 2.74. The van der Waals surface area contributed by atoms with Gasteiger partial charge in [-0.3, -0.25) is 4.79 Å². The first-order chi connectivity index (χ1) is 11.5. The van der Waals surface area contributed by atoms with Crippen molar-refractivity contribution in [2.45, 2.75) is 26.9 Å². The van der Waals surface area contributed by atoms with E-state index in [9.17, 15) is 4.79 Å². The zero-order valence-electron chi connectivity index (χ0n) is 14.0. The SMILES string of the molecule is C=C(C)C(=O)NCc1nc2ccccc2n1Cc1cccc(C)c1. The molecule has 0 atom stereocenters. The van der Waals surface area contributed by atoms with Gasteiger partial charge in [0.2, 0.25) is 5.91 Å². The van der Waals surface area contributed by atoms with E-state index in [1.54, 1.807) is 6.92 Å². The maximum atomic E-state index is 11.8. The van der Waals surface area contributed by atoms with E-state index in [2.05, 4.69) is 58.7 Å². The number of hydrogen-bond acceptors (Lipinski definition) is 2. The molecule has 4 nitrogen and oxygen atoms in total. The fourth-order valence-electron chi connectivity index (χ4n) is 2.74. The van der Waals surface area contributed by atoms with E-state index < -0.39 is 0 Å². The van der Waals surface area contributed by atoms with Gasteiger partial charge in [-0.25, -0.2) is 4.98 Å². The molecule has 1 N–H and O–H groups in total. The highest BCUT2D eigenvalue weighted by Crippen LogP contribution is 2.18. The van der Waals surface area contributed by atoms with Crippen LogP contribution in [0, 0.1) is 6.92 Å². The second-order valence-electron chi connectivity index (χ2n) is 6.05. The van der Waals surface area contributed by atoms with Crippen molar-refractivity contribution in [1.29, 1.82) is 0 Å². The predicted molar refractivity (Wildman–Crippen MR) is 96.7 cm³/mol. The number of para-hydroxylation sites is 2. The number of aryl methyl sites for hydroxylation is 1. The summed E-state index contributed by atoms with van der Waals surface area (Å²) in [5.74, 6) is 0.691. The third kappa shape index (κ3) is 3.38. The zero-order valence-corrected chi connectivity index (χ0v) is 14.0. The van der Waals surface area contributed by atoms with Crippen molar-refractivity contribution < 1.29 is 4.79 Å². The van der Waals surface area contributed by atoms with Gasteiger partial charge in [-0.2, -0.15) is 0 Å². The van der Waals surface area contributed by atoms with Gasteiger partial charge >= 0.3 is 0 Å². The van der Waals surface area contributed by atoms with Crippen molar-refractivity contribution in [2.24, 2.45) is 0 Å². The van der Waals surface area contributed by atoms with Crippen molar-refractivity contribution in [3.8, 4) is 0 Å². The number of nitrogens with one attached hydrogen (secondary N) is 1. The van der Waals surface area contributed by atoms with Crippen molar-refractivity contribution >= 4 is 16.9 Å². The van der Waals surface area contributed by atoms with Gasteiger partial charge in [0.1, 0.15) is 5.82 Å². The lowest BCUT2D eigenvalue weighted by atomic mass is 10.1. The second-order valence-corrected chi connectivity index (χ2v) is 6.05. The number of rotatable bonds is 5. The van der Waals surface area contributed by atoms with Crippen LogP contribution >= 0.6 is 0 Å². The summed E-state index contributed by atoms with van der Waals surface area (Å²) < 4.78 is 2.16. The summed E-state index contributed by atoms with van der Waals surface area (Å²) in [6.07, 6.45) is 0. The van der Waals surface area contributed by atoms with Crippen molar-refractivity contribution in [3.63, 3.8) is 0 Å². The number of hydrogen-bond donors (Lipinski definition) is 1. The minimum atomic E-state index is -0.149. The number of benzene rings is 2. The zero-order chi connectivity index (χ0) is 17.1.